The Morgan fingerprint density at radius 2 is 1.75 bits per heavy atom. The van der Waals surface area contributed by atoms with E-state index in [1.807, 2.05) is 20.8 Å². The largest absolute Gasteiger partial charge is 0.461 e. The molecule has 4 nitrogen and oxygen atoms in total. The molecular weight excluding hydrogens is 302 g/mol. The molecule has 1 saturated carbocycles. The van der Waals surface area contributed by atoms with Crippen molar-refractivity contribution in [1.82, 2.24) is 4.90 Å². The van der Waals surface area contributed by atoms with Gasteiger partial charge in [0.15, 0.2) is 0 Å². The molecule has 0 N–H and O–H groups in total. The molecule has 1 aliphatic carbocycles. The average molecular weight is 340 g/mol. The third-order valence-electron chi connectivity index (χ3n) is 5.71. The molecule has 0 heterocycles. The van der Waals surface area contributed by atoms with Crippen LogP contribution in [0.4, 0.5) is 0 Å². The van der Waals surface area contributed by atoms with Gasteiger partial charge in [0.05, 0.1) is 6.10 Å². The number of amides is 1. The minimum absolute atomic E-state index is 0.0317. The Kier molecular flexibility index (Phi) is 8.24. The van der Waals surface area contributed by atoms with Crippen LogP contribution in [0.25, 0.3) is 0 Å². The van der Waals surface area contributed by atoms with E-state index in [4.69, 9.17) is 4.74 Å². The highest BCUT2D eigenvalue weighted by molar-refractivity contribution is 5.86. The smallest absolute Gasteiger partial charge is 0.329 e. The number of likely N-dealkylation sites (N-methyl/N-ethyl adjacent to an activating group) is 1. The molecular formula is C20H37NO3. The normalized spacial score (nSPS) is 26.8. The minimum Gasteiger partial charge on any atom is -0.461 e. The summed E-state index contributed by atoms with van der Waals surface area (Å²) in [5, 5.41) is 0. The van der Waals surface area contributed by atoms with Crippen LogP contribution in [0.15, 0.2) is 0 Å². The molecule has 1 amide bonds. The van der Waals surface area contributed by atoms with Gasteiger partial charge in [-0.15, -0.1) is 0 Å². The summed E-state index contributed by atoms with van der Waals surface area (Å²) in [7, 11) is 1.77. The average Bonchev–Trinajstić information content (AvgIpc) is 2.53. The third-order valence-corrected chi connectivity index (χ3v) is 5.71. The molecule has 0 spiro atoms. The number of esters is 1. The Morgan fingerprint density at radius 3 is 2.25 bits per heavy atom. The SMILES string of the molecule is CCC(C)OC(=O)C(CC)N(C)C(=O)[C@@H]1C[C@H](C)CC[C@H]1C(C)C. The molecule has 140 valence electrons. The number of ether oxygens (including phenoxy) is 1. The van der Waals surface area contributed by atoms with E-state index in [2.05, 4.69) is 20.8 Å². The molecule has 0 bridgehead atoms. The van der Waals surface area contributed by atoms with Gasteiger partial charge in [0.2, 0.25) is 5.91 Å². The third kappa shape index (κ3) is 5.22. The van der Waals surface area contributed by atoms with Crippen LogP contribution in [0.2, 0.25) is 0 Å². The van der Waals surface area contributed by atoms with Crippen molar-refractivity contribution in [3.63, 3.8) is 0 Å². The maximum atomic E-state index is 13.1. The zero-order valence-corrected chi connectivity index (χ0v) is 16.7. The predicted octanol–water partition coefficient (Wildman–Crippen LogP) is 4.27. The van der Waals surface area contributed by atoms with Crippen molar-refractivity contribution < 1.29 is 14.3 Å². The first-order chi connectivity index (χ1) is 11.2. The van der Waals surface area contributed by atoms with Crippen molar-refractivity contribution in [2.24, 2.45) is 23.7 Å². The molecule has 0 aromatic carbocycles. The van der Waals surface area contributed by atoms with Gasteiger partial charge < -0.3 is 9.64 Å². The highest BCUT2D eigenvalue weighted by atomic mass is 16.5. The summed E-state index contributed by atoms with van der Waals surface area (Å²) in [4.78, 5) is 27.2. The number of hydrogen-bond donors (Lipinski definition) is 0. The molecule has 4 heteroatoms. The van der Waals surface area contributed by atoms with Crippen molar-refractivity contribution in [2.75, 3.05) is 7.05 Å². The van der Waals surface area contributed by atoms with Gasteiger partial charge in [0.25, 0.3) is 0 Å². The van der Waals surface area contributed by atoms with Crippen LogP contribution in [-0.2, 0) is 14.3 Å². The lowest BCUT2D eigenvalue weighted by atomic mass is 9.69. The first-order valence-corrected chi connectivity index (χ1v) is 9.69. The second-order valence-corrected chi connectivity index (χ2v) is 7.96. The molecule has 1 aliphatic rings. The van der Waals surface area contributed by atoms with Crippen molar-refractivity contribution in [3.05, 3.63) is 0 Å². The number of rotatable bonds is 7. The summed E-state index contributed by atoms with van der Waals surface area (Å²) >= 11 is 0. The summed E-state index contributed by atoms with van der Waals surface area (Å²) in [6.45, 7) is 12.5. The molecule has 0 aliphatic heterocycles. The number of hydrogen-bond acceptors (Lipinski definition) is 3. The fourth-order valence-electron chi connectivity index (χ4n) is 3.86. The highest BCUT2D eigenvalue weighted by Crippen LogP contribution is 2.39. The zero-order chi connectivity index (χ0) is 18.4. The van der Waals surface area contributed by atoms with E-state index >= 15 is 0 Å². The zero-order valence-electron chi connectivity index (χ0n) is 16.7. The Morgan fingerprint density at radius 1 is 1.12 bits per heavy atom. The topological polar surface area (TPSA) is 46.6 Å². The second-order valence-electron chi connectivity index (χ2n) is 7.96. The van der Waals surface area contributed by atoms with Gasteiger partial charge in [-0.05, 0) is 50.4 Å². The van der Waals surface area contributed by atoms with Gasteiger partial charge >= 0.3 is 5.97 Å². The van der Waals surface area contributed by atoms with E-state index in [-0.39, 0.29) is 23.9 Å². The van der Waals surface area contributed by atoms with E-state index < -0.39 is 6.04 Å². The fraction of sp³-hybridized carbons (Fsp3) is 0.900. The Balaban J connectivity index is 2.86. The molecule has 0 saturated heterocycles. The lowest BCUT2D eigenvalue weighted by Crippen LogP contribution is -2.49. The summed E-state index contributed by atoms with van der Waals surface area (Å²) in [6.07, 6.45) is 4.51. The van der Waals surface area contributed by atoms with Crippen LogP contribution >= 0.6 is 0 Å². The molecule has 24 heavy (non-hydrogen) atoms. The van der Waals surface area contributed by atoms with Crippen molar-refractivity contribution in [1.29, 1.82) is 0 Å². The van der Waals surface area contributed by atoms with Crippen LogP contribution in [0.3, 0.4) is 0 Å². The molecule has 1 rings (SSSR count). The molecule has 0 aromatic heterocycles. The number of carbonyl (C=O) groups is 2. The van der Waals surface area contributed by atoms with Crippen molar-refractivity contribution in [2.45, 2.75) is 85.8 Å². The van der Waals surface area contributed by atoms with Gasteiger partial charge in [-0.2, -0.15) is 0 Å². The Labute approximate surface area is 148 Å². The van der Waals surface area contributed by atoms with Gasteiger partial charge in [-0.1, -0.05) is 41.0 Å². The molecule has 0 aromatic rings. The van der Waals surface area contributed by atoms with Crippen LogP contribution in [0.5, 0.6) is 0 Å². The summed E-state index contributed by atoms with van der Waals surface area (Å²) in [5.74, 6) is 1.37. The van der Waals surface area contributed by atoms with Crippen LogP contribution in [0.1, 0.15) is 73.6 Å². The standard InChI is InChI=1S/C20H37NO3/c1-8-15(6)24-20(23)18(9-2)21(7)19(22)17-12-14(5)10-11-16(17)13(3)4/h13-18H,8-12H2,1-7H3/t14-,15?,16+,17-,18?/m1/s1. The van der Waals surface area contributed by atoms with E-state index in [1.165, 1.54) is 6.42 Å². The van der Waals surface area contributed by atoms with E-state index in [0.29, 0.717) is 24.2 Å². The quantitative estimate of drug-likeness (QED) is 0.651. The molecule has 2 unspecified atom stereocenters. The van der Waals surface area contributed by atoms with Crippen LogP contribution in [0, 0.1) is 23.7 Å². The van der Waals surface area contributed by atoms with Crippen LogP contribution < -0.4 is 0 Å². The van der Waals surface area contributed by atoms with Crippen LogP contribution in [-0.4, -0.2) is 36.0 Å². The van der Waals surface area contributed by atoms with Gasteiger partial charge in [-0.3, -0.25) is 4.79 Å². The summed E-state index contributed by atoms with van der Waals surface area (Å²) in [6, 6.07) is -0.475. The molecule has 1 fully saturated rings. The number of carbonyl (C=O) groups excluding carboxylic acids is 2. The van der Waals surface area contributed by atoms with Crippen molar-refractivity contribution >= 4 is 11.9 Å². The van der Waals surface area contributed by atoms with Gasteiger partial charge in [-0.25, -0.2) is 4.79 Å². The Bertz CT molecular complexity index is 421. The Hall–Kier alpha value is -1.06. The molecule has 0 radical (unpaired) electrons. The second kappa shape index (κ2) is 9.43. The highest BCUT2D eigenvalue weighted by Gasteiger charge is 2.39. The monoisotopic (exact) mass is 339 g/mol. The minimum atomic E-state index is -0.475. The first kappa shape index (κ1) is 21.0. The summed E-state index contributed by atoms with van der Waals surface area (Å²) < 4.78 is 5.47. The van der Waals surface area contributed by atoms with Gasteiger partial charge in [0.1, 0.15) is 6.04 Å². The van der Waals surface area contributed by atoms with Crippen molar-refractivity contribution in [3.8, 4) is 0 Å². The van der Waals surface area contributed by atoms with E-state index in [0.717, 1.165) is 19.3 Å². The van der Waals surface area contributed by atoms with E-state index in [9.17, 15) is 9.59 Å². The van der Waals surface area contributed by atoms with Gasteiger partial charge in [0, 0.05) is 13.0 Å². The fourth-order valence-corrected chi connectivity index (χ4v) is 3.86. The first-order valence-electron chi connectivity index (χ1n) is 9.69. The van der Waals surface area contributed by atoms with E-state index in [1.54, 1.807) is 11.9 Å². The maximum Gasteiger partial charge on any atom is 0.329 e. The number of nitrogens with zero attached hydrogens (tertiary/aromatic N) is 1. The maximum absolute atomic E-state index is 13.1. The predicted molar refractivity (Wildman–Crippen MR) is 97.5 cm³/mol. The lowest BCUT2D eigenvalue weighted by Gasteiger charge is -2.39. The lowest BCUT2D eigenvalue weighted by molar-refractivity contribution is -0.160. The molecule has 5 atom stereocenters. The summed E-state index contributed by atoms with van der Waals surface area (Å²) in [5.41, 5.74) is 0.